The van der Waals surface area contributed by atoms with Crippen molar-refractivity contribution in [1.29, 1.82) is 0 Å². The maximum Gasteiger partial charge on any atom is 0.229 e. The predicted octanol–water partition coefficient (Wildman–Crippen LogP) is 2.12. The van der Waals surface area contributed by atoms with Crippen LogP contribution in [0.4, 0.5) is 0 Å². The van der Waals surface area contributed by atoms with Crippen LogP contribution in [0.2, 0.25) is 0 Å². The molecule has 1 aliphatic carbocycles. The van der Waals surface area contributed by atoms with E-state index in [2.05, 4.69) is 33.3 Å². The van der Waals surface area contributed by atoms with Crippen molar-refractivity contribution in [1.82, 2.24) is 24.8 Å². The average Bonchev–Trinajstić information content (AvgIpc) is 2.86. The van der Waals surface area contributed by atoms with E-state index in [1.54, 1.807) is 0 Å². The first-order valence-electron chi connectivity index (χ1n) is 7.83. The van der Waals surface area contributed by atoms with Crippen LogP contribution >= 0.6 is 0 Å². The van der Waals surface area contributed by atoms with Gasteiger partial charge >= 0.3 is 0 Å². The van der Waals surface area contributed by atoms with Gasteiger partial charge in [0.2, 0.25) is 5.89 Å². The first-order valence-corrected chi connectivity index (χ1v) is 7.83. The molecule has 0 aromatic carbocycles. The van der Waals surface area contributed by atoms with E-state index in [0.29, 0.717) is 12.0 Å². The molecule has 2 aliphatic rings. The third kappa shape index (κ3) is 2.85. The van der Waals surface area contributed by atoms with Crippen LogP contribution in [0.1, 0.15) is 48.9 Å². The number of hydrogen-bond donors (Lipinski definition) is 0. The Morgan fingerprint density at radius 3 is 3.00 bits per heavy atom. The number of hydrogen-bond acceptors (Lipinski definition) is 5. The van der Waals surface area contributed by atoms with Gasteiger partial charge in [0.05, 0.1) is 19.3 Å². The second-order valence-corrected chi connectivity index (χ2v) is 6.33. The summed E-state index contributed by atoms with van der Waals surface area (Å²) >= 11 is 0. The minimum absolute atomic E-state index is 0.521. The van der Waals surface area contributed by atoms with Crippen LogP contribution in [-0.2, 0) is 13.1 Å². The molecule has 0 N–H and O–H groups in total. The van der Waals surface area contributed by atoms with E-state index < -0.39 is 0 Å². The second-order valence-electron chi connectivity index (χ2n) is 6.33. The summed E-state index contributed by atoms with van der Waals surface area (Å²) in [6.07, 6.45) is 8.88. The van der Waals surface area contributed by atoms with E-state index in [1.165, 1.54) is 31.2 Å². The lowest BCUT2D eigenvalue weighted by Gasteiger charge is -2.22. The molecule has 1 aliphatic heterocycles. The van der Waals surface area contributed by atoms with Crippen LogP contribution in [0, 0.1) is 6.92 Å². The predicted molar refractivity (Wildman–Crippen MR) is 76.7 cm³/mol. The highest BCUT2D eigenvalue weighted by molar-refractivity contribution is 5.02. The summed E-state index contributed by atoms with van der Waals surface area (Å²) in [4.78, 5) is 7.00. The van der Waals surface area contributed by atoms with Gasteiger partial charge in [-0.3, -0.25) is 9.58 Å². The fourth-order valence-corrected chi connectivity index (χ4v) is 3.10. The molecule has 0 unspecified atom stereocenters. The van der Waals surface area contributed by atoms with E-state index in [4.69, 9.17) is 4.52 Å². The van der Waals surface area contributed by atoms with Gasteiger partial charge in [-0.2, -0.15) is 10.1 Å². The van der Waals surface area contributed by atoms with Gasteiger partial charge in [0.1, 0.15) is 0 Å². The molecule has 0 spiro atoms. The zero-order valence-corrected chi connectivity index (χ0v) is 12.4. The molecule has 1 saturated carbocycles. The fraction of sp³-hybridized carbons (Fsp3) is 0.667. The van der Waals surface area contributed by atoms with Crippen molar-refractivity contribution in [2.24, 2.45) is 0 Å². The van der Waals surface area contributed by atoms with Gasteiger partial charge in [0.15, 0.2) is 5.82 Å². The summed E-state index contributed by atoms with van der Waals surface area (Å²) in [6, 6.07) is 0.521. The van der Waals surface area contributed by atoms with E-state index in [1.807, 2.05) is 10.9 Å². The molecule has 1 saturated heterocycles. The molecule has 1 atom stereocenters. The van der Waals surface area contributed by atoms with Crippen molar-refractivity contribution in [2.45, 2.75) is 57.7 Å². The number of aromatic nitrogens is 4. The molecule has 0 amide bonds. The quantitative estimate of drug-likeness (QED) is 0.843. The van der Waals surface area contributed by atoms with Crippen molar-refractivity contribution in [3.05, 3.63) is 29.7 Å². The molecule has 2 fully saturated rings. The standard InChI is InChI=1S/C15H21N5O/c1-11-7-16-20(8-11)9-13-3-2-6-19(13)10-14-17-15(21-18-14)12-4-5-12/h7-8,12-13H,2-6,9-10H2,1H3/t13-/m1/s1. The lowest BCUT2D eigenvalue weighted by atomic mass is 10.2. The van der Waals surface area contributed by atoms with E-state index in [9.17, 15) is 0 Å². The fourth-order valence-electron chi connectivity index (χ4n) is 3.10. The largest absolute Gasteiger partial charge is 0.339 e. The Morgan fingerprint density at radius 1 is 1.33 bits per heavy atom. The van der Waals surface area contributed by atoms with Crippen LogP contribution in [0.5, 0.6) is 0 Å². The lowest BCUT2D eigenvalue weighted by Crippen LogP contribution is -2.33. The van der Waals surface area contributed by atoms with Gasteiger partial charge in [0.25, 0.3) is 0 Å². The van der Waals surface area contributed by atoms with Crippen molar-refractivity contribution >= 4 is 0 Å². The summed E-state index contributed by atoms with van der Waals surface area (Å²) in [5.41, 5.74) is 1.21. The minimum Gasteiger partial charge on any atom is -0.339 e. The molecule has 6 nitrogen and oxygen atoms in total. The highest BCUT2D eigenvalue weighted by Crippen LogP contribution is 2.38. The van der Waals surface area contributed by atoms with Gasteiger partial charge in [0, 0.05) is 18.2 Å². The van der Waals surface area contributed by atoms with Crippen molar-refractivity contribution < 1.29 is 4.52 Å². The van der Waals surface area contributed by atoms with Crippen LogP contribution in [0.25, 0.3) is 0 Å². The third-order valence-corrected chi connectivity index (χ3v) is 4.41. The molecule has 112 valence electrons. The Kier molecular flexibility index (Phi) is 3.25. The molecule has 0 radical (unpaired) electrons. The normalized spacial score (nSPS) is 23.0. The van der Waals surface area contributed by atoms with E-state index in [0.717, 1.165) is 31.3 Å². The van der Waals surface area contributed by atoms with Gasteiger partial charge in [-0.1, -0.05) is 5.16 Å². The smallest absolute Gasteiger partial charge is 0.229 e. The molecule has 21 heavy (non-hydrogen) atoms. The lowest BCUT2D eigenvalue weighted by molar-refractivity contribution is 0.211. The first kappa shape index (κ1) is 13.0. The Bertz CT molecular complexity index is 615. The Hall–Kier alpha value is -1.69. The summed E-state index contributed by atoms with van der Waals surface area (Å²) in [5, 5.41) is 8.53. The molecular formula is C15H21N5O. The van der Waals surface area contributed by atoms with Crippen molar-refractivity contribution in [3.8, 4) is 0 Å². The minimum atomic E-state index is 0.521. The van der Waals surface area contributed by atoms with Crippen molar-refractivity contribution in [3.63, 3.8) is 0 Å². The van der Waals surface area contributed by atoms with Gasteiger partial charge in [-0.25, -0.2) is 0 Å². The number of likely N-dealkylation sites (tertiary alicyclic amines) is 1. The van der Waals surface area contributed by atoms with Gasteiger partial charge < -0.3 is 4.52 Å². The van der Waals surface area contributed by atoms with Gasteiger partial charge in [-0.15, -0.1) is 0 Å². The summed E-state index contributed by atoms with van der Waals surface area (Å²) in [6.45, 7) is 4.93. The highest BCUT2D eigenvalue weighted by Gasteiger charge is 2.31. The summed E-state index contributed by atoms with van der Waals surface area (Å²) < 4.78 is 7.40. The Labute approximate surface area is 124 Å². The molecule has 2 aromatic heterocycles. The average molecular weight is 287 g/mol. The van der Waals surface area contributed by atoms with E-state index >= 15 is 0 Å². The summed E-state index contributed by atoms with van der Waals surface area (Å²) in [5.74, 6) is 2.21. The summed E-state index contributed by atoms with van der Waals surface area (Å²) in [7, 11) is 0. The molecule has 0 bridgehead atoms. The maximum atomic E-state index is 5.35. The van der Waals surface area contributed by atoms with Crippen molar-refractivity contribution in [2.75, 3.05) is 6.54 Å². The SMILES string of the molecule is Cc1cnn(C[C@H]2CCCN2Cc2noc(C3CC3)n2)c1. The molecule has 6 heteroatoms. The zero-order valence-electron chi connectivity index (χ0n) is 12.4. The second kappa shape index (κ2) is 5.26. The Morgan fingerprint density at radius 2 is 2.24 bits per heavy atom. The number of nitrogens with zero attached hydrogens (tertiary/aromatic N) is 5. The Balaban J connectivity index is 1.40. The van der Waals surface area contributed by atoms with Crippen LogP contribution in [0.3, 0.4) is 0 Å². The topological polar surface area (TPSA) is 60.0 Å². The highest BCUT2D eigenvalue weighted by atomic mass is 16.5. The molecule has 4 rings (SSSR count). The van der Waals surface area contributed by atoms with Crippen LogP contribution < -0.4 is 0 Å². The first-order chi connectivity index (χ1) is 10.3. The van der Waals surface area contributed by atoms with Crippen LogP contribution in [-0.4, -0.2) is 37.4 Å². The molecule has 3 heterocycles. The monoisotopic (exact) mass is 287 g/mol. The van der Waals surface area contributed by atoms with Gasteiger partial charge in [-0.05, 0) is 44.7 Å². The molecular weight excluding hydrogens is 266 g/mol. The number of aryl methyl sites for hydroxylation is 1. The van der Waals surface area contributed by atoms with E-state index in [-0.39, 0.29) is 0 Å². The van der Waals surface area contributed by atoms with Crippen LogP contribution in [0.15, 0.2) is 16.9 Å². The zero-order chi connectivity index (χ0) is 14.2. The third-order valence-electron chi connectivity index (χ3n) is 4.41. The molecule has 2 aromatic rings. The maximum absolute atomic E-state index is 5.35. The number of rotatable bonds is 5.